The Morgan fingerprint density at radius 2 is 1.41 bits per heavy atom. The molecular weight excluding hydrogens is 529 g/mol. The number of hydrogen-bond acceptors (Lipinski definition) is 8. The van der Waals surface area contributed by atoms with Gasteiger partial charge in [-0.15, -0.1) is 0 Å². The van der Waals surface area contributed by atoms with E-state index in [9.17, 15) is 34.1 Å². The maximum atomic E-state index is 12.1. The highest BCUT2D eigenvalue weighted by Gasteiger charge is 2.28. The number of nitrogens with one attached hydrogen (secondary N) is 1. The largest absolute Gasteiger partial charge is 0.480 e. The van der Waals surface area contributed by atoms with Gasteiger partial charge < -0.3 is 25.2 Å². The van der Waals surface area contributed by atoms with Gasteiger partial charge in [0, 0.05) is 13.3 Å². The zero-order valence-electron chi connectivity index (χ0n) is 23.4. The molecule has 39 heavy (non-hydrogen) atoms. The summed E-state index contributed by atoms with van der Waals surface area (Å²) >= 11 is 0. The minimum Gasteiger partial charge on any atom is -0.480 e. The van der Waals surface area contributed by atoms with Crippen LogP contribution in [-0.2, 0) is 32.7 Å². The molecule has 226 valence electrons. The van der Waals surface area contributed by atoms with Gasteiger partial charge in [0.1, 0.15) is 12.7 Å². The van der Waals surface area contributed by atoms with Crippen LogP contribution in [0.25, 0.3) is 0 Å². The van der Waals surface area contributed by atoms with E-state index >= 15 is 0 Å². The van der Waals surface area contributed by atoms with E-state index in [0.717, 1.165) is 51.9 Å². The molecule has 3 unspecified atom stereocenters. The molecule has 0 fully saturated rings. The number of allylic oxidation sites excluding steroid dienone is 4. The third kappa shape index (κ3) is 24.7. The summed E-state index contributed by atoms with van der Waals surface area (Å²) in [5, 5.41) is 21.1. The molecule has 0 spiro atoms. The van der Waals surface area contributed by atoms with Crippen molar-refractivity contribution in [2.75, 3.05) is 19.8 Å². The molecule has 3 atom stereocenters. The average molecular weight is 578 g/mol. The first-order chi connectivity index (χ1) is 18.6. The summed E-state index contributed by atoms with van der Waals surface area (Å²) in [6, 6.07) is -1.55. The second-order valence-electron chi connectivity index (χ2n) is 9.31. The molecule has 4 N–H and O–H groups in total. The number of ether oxygens (including phenoxy) is 1. The van der Waals surface area contributed by atoms with Gasteiger partial charge in [0.2, 0.25) is 5.91 Å². The van der Waals surface area contributed by atoms with Crippen LogP contribution in [0, 0.1) is 0 Å². The fraction of sp³-hybridized carbons (Fsp3) is 0.741. The van der Waals surface area contributed by atoms with Crippen molar-refractivity contribution in [2.24, 2.45) is 0 Å². The van der Waals surface area contributed by atoms with E-state index in [1.807, 2.05) is 0 Å². The van der Waals surface area contributed by atoms with Crippen molar-refractivity contribution in [1.82, 2.24) is 5.32 Å². The number of unbranched alkanes of at least 4 members (excludes halogenated alkanes) is 9. The lowest BCUT2D eigenvalue weighted by atomic mass is 10.1. The third-order valence-corrected chi connectivity index (χ3v) is 6.50. The molecule has 11 nitrogen and oxygen atoms in total. The van der Waals surface area contributed by atoms with Crippen LogP contribution in [0.5, 0.6) is 0 Å². The van der Waals surface area contributed by atoms with Gasteiger partial charge in [0.05, 0.1) is 13.2 Å². The Kier molecular flexibility index (Phi) is 22.6. The number of aliphatic hydroxyl groups excluding tert-OH is 1. The van der Waals surface area contributed by atoms with E-state index in [2.05, 4.69) is 50.3 Å². The predicted molar refractivity (Wildman–Crippen MR) is 148 cm³/mol. The Bertz CT molecular complexity index is 787. The van der Waals surface area contributed by atoms with E-state index in [-0.39, 0.29) is 6.42 Å². The van der Waals surface area contributed by atoms with Crippen molar-refractivity contribution in [1.29, 1.82) is 0 Å². The average Bonchev–Trinajstić information content (AvgIpc) is 2.88. The topological polar surface area (TPSA) is 169 Å². The summed E-state index contributed by atoms with van der Waals surface area (Å²) in [4.78, 5) is 43.8. The molecule has 0 radical (unpaired) electrons. The number of phosphoric acid groups is 1. The molecule has 0 aromatic carbocycles. The van der Waals surface area contributed by atoms with E-state index in [1.54, 1.807) is 0 Å². The standard InChI is InChI=1S/C27H48NO10P/c1-3-4-5-6-7-8-9-10-11-12-13-14-15-16-17-18-19-26(31)28-25(27(32)33)22-38-39(34,35)37-21-24(30)20-36-23(2)29/h8-9,11-12,24-25,30H,3-7,10,13-22H2,1-2H3,(H,28,31)(H,32,33)(H,34,35)/b9-8-,12-11-. The maximum absolute atomic E-state index is 12.1. The number of aliphatic hydroxyl groups is 1. The van der Waals surface area contributed by atoms with E-state index in [1.165, 1.54) is 25.7 Å². The quantitative estimate of drug-likeness (QED) is 0.0511. The van der Waals surface area contributed by atoms with Crippen molar-refractivity contribution < 1.29 is 47.8 Å². The van der Waals surface area contributed by atoms with Crippen LogP contribution in [0.1, 0.15) is 97.3 Å². The summed E-state index contributed by atoms with van der Waals surface area (Å²) in [7, 11) is -4.71. The molecule has 0 aliphatic carbocycles. The molecule has 12 heteroatoms. The fourth-order valence-electron chi connectivity index (χ4n) is 3.36. The van der Waals surface area contributed by atoms with Crippen molar-refractivity contribution in [3.8, 4) is 0 Å². The van der Waals surface area contributed by atoms with Gasteiger partial charge in [-0.3, -0.25) is 18.6 Å². The molecule has 0 aromatic rings. The first-order valence-corrected chi connectivity index (χ1v) is 15.3. The number of carboxylic acids is 1. The molecule has 0 aliphatic heterocycles. The number of rotatable bonds is 25. The SMILES string of the molecule is CCCCCC/C=C\C/C=C\CCCCCCCC(=O)NC(COP(=O)(O)OCC(O)COC(C)=O)C(=O)O. The van der Waals surface area contributed by atoms with E-state index in [4.69, 9.17) is 0 Å². The molecule has 0 aromatic heterocycles. The van der Waals surface area contributed by atoms with Crippen LogP contribution in [0.4, 0.5) is 0 Å². The smallest absolute Gasteiger partial charge is 0.472 e. The van der Waals surface area contributed by atoms with Gasteiger partial charge >= 0.3 is 19.8 Å². The first-order valence-electron chi connectivity index (χ1n) is 13.8. The van der Waals surface area contributed by atoms with E-state index < -0.39 is 57.6 Å². The lowest BCUT2D eigenvalue weighted by Gasteiger charge is -2.18. The van der Waals surface area contributed by atoms with Crippen LogP contribution in [0.3, 0.4) is 0 Å². The first kappa shape index (κ1) is 37.0. The number of esters is 1. The molecule has 1 amide bonds. The normalized spacial score (nSPS) is 14.8. The highest BCUT2D eigenvalue weighted by Crippen LogP contribution is 2.43. The van der Waals surface area contributed by atoms with Gasteiger partial charge in [-0.25, -0.2) is 9.36 Å². The van der Waals surface area contributed by atoms with Crippen molar-refractivity contribution in [2.45, 2.75) is 109 Å². The van der Waals surface area contributed by atoms with Crippen LogP contribution in [-0.4, -0.2) is 64.9 Å². The van der Waals surface area contributed by atoms with Gasteiger partial charge in [0.25, 0.3) is 0 Å². The molecule has 0 rings (SSSR count). The molecule has 0 aliphatic rings. The zero-order valence-corrected chi connectivity index (χ0v) is 24.3. The fourth-order valence-corrected chi connectivity index (χ4v) is 4.14. The Morgan fingerprint density at radius 3 is 2.00 bits per heavy atom. The minimum absolute atomic E-state index is 0.129. The number of aliphatic carboxylic acids is 1. The number of amides is 1. The maximum Gasteiger partial charge on any atom is 0.472 e. The molecule has 0 bridgehead atoms. The van der Waals surface area contributed by atoms with Crippen molar-refractivity contribution in [3.63, 3.8) is 0 Å². The Hall–Kier alpha value is -2.04. The second-order valence-corrected chi connectivity index (χ2v) is 10.8. The minimum atomic E-state index is -4.71. The van der Waals surface area contributed by atoms with Gasteiger partial charge in [-0.05, 0) is 38.5 Å². The Labute approximate surface area is 232 Å². The molecule has 0 saturated carbocycles. The van der Waals surface area contributed by atoms with Crippen molar-refractivity contribution >= 4 is 25.7 Å². The summed E-state index contributed by atoms with van der Waals surface area (Å²) < 4.78 is 25.6. The number of phosphoric ester groups is 1. The molecular formula is C27H48NO10P. The molecule has 0 saturated heterocycles. The van der Waals surface area contributed by atoms with Gasteiger partial charge in [-0.2, -0.15) is 0 Å². The van der Waals surface area contributed by atoms with Gasteiger partial charge in [0.15, 0.2) is 6.04 Å². The number of hydrogen-bond donors (Lipinski definition) is 4. The number of carbonyl (C=O) groups excluding carboxylic acids is 2. The summed E-state index contributed by atoms with van der Waals surface area (Å²) in [6.07, 6.45) is 20.4. The van der Waals surface area contributed by atoms with Crippen molar-refractivity contribution in [3.05, 3.63) is 24.3 Å². The molecule has 0 heterocycles. The van der Waals surface area contributed by atoms with Crippen LogP contribution in [0.15, 0.2) is 24.3 Å². The number of carboxylic acid groups (broad SMARTS) is 1. The summed E-state index contributed by atoms with van der Waals surface area (Å²) in [5.74, 6) is -2.58. The Morgan fingerprint density at radius 1 is 0.846 bits per heavy atom. The lowest BCUT2D eigenvalue weighted by molar-refractivity contribution is -0.144. The zero-order chi connectivity index (χ0) is 29.4. The third-order valence-electron chi connectivity index (χ3n) is 5.55. The Balaban J connectivity index is 3.97. The highest BCUT2D eigenvalue weighted by molar-refractivity contribution is 7.47. The number of carbonyl (C=O) groups is 3. The van der Waals surface area contributed by atoms with Crippen LogP contribution < -0.4 is 5.32 Å². The van der Waals surface area contributed by atoms with Crippen LogP contribution in [0.2, 0.25) is 0 Å². The lowest BCUT2D eigenvalue weighted by Crippen LogP contribution is -2.43. The predicted octanol–water partition coefficient (Wildman–Crippen LogP) is 4.82. The summed E-state index contributed by atoms with van der Waals surface area (Å²) in [5.41, 5.74) is 0. The highest BCUT2D eigenvalue weighted by atomic mass is 31.2. The van der Waals surface area contributed by atoms with Gasteiger partial charge in [-0.1, -0.05) is 69.8 Å². The monoisotopic (exact) mass is 577 g/mol. The van der Waals surface area contributed by atoms with E-state index in [0.29, 0.717) is 6.42 Å². The summed E-state index contributed by atoms with van der Waals surface area (Å²) in [6.45, 7) is 1.41. The van der Waals surface area contributed by atoms with Crippen LogP contribution >= 0.6 is 7.82 Å². The second kappa shape index (κ2) is 23.8.